The molecule has 0 rings (SSSR count). The first-order chi connectivity index (χ1) is 1.91. The molecule has 0 radical (unpaired) electrons. The molecule has 0 unspecified atom stereocenters. The van der Waals surface area contributed by atoms with Crippen LogP contribution in [0.5, 0.6) is 0 Å². The minimum absolute atomic E-state index is 0.556. The fraction of sp³-hybridized carbons (Fsp3) is 0. The summed E-state index contributed by atoms with van der Waals surface area (Å²) in [5.74, 6) is 0. The molecule has 0 atom stereocenters. The van der Waals surface area contributed by atoms with Gasteiger partial charge in [0.05, 0.1) is 0 Å². The SMILES string of the molecule is OC=CO. The van der Waals surface area contributed by atoms with Crippen molar-refractivity contribution in [2.24, 2.45) is 0 Å². The summed E-state index contributed by atoms with van der Waals surface area (Å²) in [5.41, 5.74) is 0. The van der Waals surface area contributed by atoms with Gasteiger partial charge in [0.15, 0.2) is 0 Å². The molecule has 2 heteroatoms. The molecule has 0 fully saturated rings. The molecule has 24 valence electrons. The van der Waals surface area contributed by atoms with Crippen molar-refractivity contribution in [1.29, 1.82) is 0 Å². The van der Waals surface area contributed by atoms with Gasteiger partial charge in [-0.15, -0.1) is 0 Å². The van der Waals surface area contributed by atoms with Crippen LogP contribution in [0, 0.1) is 0 Å². The first-order valence-corrected chi connectivity index (χ1v) is 0.850. The molecular formula is C2H4O2. The third-order valence-corrected chi connectivity index (χ3v) is 0.0667. The quantitative estimate of drug-likeness (QED) is 0.401. The molecule has 2 N–H and O–H groups in total. The Morgan fingerprint density at radius 1 is 1.00 bits per heavy atom. The Labute approximate surface area is 24.0 Å². The fourth-order valence-corrected chi connectivity index (χ4v) is 0. The van der Waals surface area contributed by atoms with Crippen LogP contribution in [0.3, 0.4) is 0 Å². The zero-order chi connectivity index (χ0) is 3.41. The Hall–Kier alpha value is -0.660. The van der Waals surface area contributed by atoms with Crippen LogP contribution < -0.4 is 0 Å². The smallest absolute Gasteiger partial charge is 0.113 e. The molecule has 0 aliphatic carbocycles. The normalized spacial score (nSPS) is 9.00. The lowest BCUT2D eigenvalue weighted by atomic mass is 11.1. The molecule has 0 aliphatic rings. The summed E-state index contributed by atoms with van der Waals surface area (Å²) in [5, 5.41) is 14.9. The van der Waals surface area contributed by atoms with E-state index in [0.29, 0.717) is 12.5 Å². The van der Waals surface area contributed by atoms with Gasteiger partial charge in [-0.25, -0.2) is 0 Å². The van der Waals surface area contributed by atoms with Crippen molar-refractivity contribution in [2.45, 2.75) is 0 Å². The number of aliphatic hydroxyl groups excluding tert-OH is 2. The lowest BCUT2D eigenvalue weighted by Gasteiger charge is -1.55. The van der Waals surface area contributed by atoms with E-state index < -0.39 is 0 Å². The van der Waals surface area contributed by atoms with E-state index in [4.69, 9.17) is 10.2 Å². The minimum atomic E-state index is 0.556. The van der Waals surface area contributed by atoms with Crippen LogP contribution in [0.15, 0.2) is 12.5 Å². The minimum Gasteiger partial charge on any atom is -0.512 e. The molecule has 0 aromatic carbocycles. The van der Waals surface area contributed by atoms with E-state index in [1.807, 2.05) is 0 Å². The molecule has 0 aliphatic heterocycles. The van der Waals surface area contributed by atoms with E-state index in [0.717, 1.165) is 0 Å². The van der Waals surface area contributed by atoms with Crippen molar-refractivity contribution in [3.8, 4) is 0 Å². The van der Waals surface area contributed by atoms with Gasteiger partial charge in [0.25, 0.3) is 0 Å². The highest BCUT2D eigenvalue weighted by atomic mass is 16.3. The third-order valence-electron chi connectivity index (χ3n) is 0.0667. The maximum Gasteiger partial charge on any atom is 0.113 e. The Bertz CT molecular complexity index is 19.2. The van der Waals surface area contributed by atoms with E-state index in [1.54, 1.807) is 0 Å². The van der Waals surface area contributed by atoms with Gasteiger partial charge in [0.2, 0.25) is 0 Å². The summed E-state index contributed by atoms with van der Waals surface area (Å²) >= 11 is 0. The Kier molecular flexibility index (Phi) is 1.95. The van der Waals surface area contributed by atoms with Crippen LogP contribution in [0.1, 0.15) is 0 Å². The predicted molar refractivity (Wildman–Crippen MR) is 14.4 cm³/mol. The highest BCUT2D eigenvalue weighted by molar-refractivity contribution is 4.49. The average Bonchev–Trinajstić information content (AvgIpc) is 1.37. The summed E-state index contributed by atoms with van der Waals surface area (Å²) in [6.07, 6.45) is 1.11. The third kappa shape index (κ3) is 1.34. The monoisotopic (exact) mass is 60.0 g/mol. The second-order valence-corrected chi connectivity index (χ2v) is 0.298. The van der Waals surface area contributed by atoms with Crippen molar-refractivity contribution >= 4 is 0 Å². The predicted octanol–water partition coefficient (Wildman–Crippen LogP) is 0.574. The van der Waals surface area contributed by atoms with Crippen molar-refractivity contribution in [2.75, 3.05) is 0 Å². The van der Waals surface area contributed by atoms with Gasteiger partial charge in [-0.1, -0.05) is 0 Å². The molecular weight excluding hydrogens is 56.0 g/mol. The molecule has 4 heavy (non-hydrogen) atoms. The van der Waals surface area contributed by atoms with Crippen LogP contribution in [-0.4, -0.2) is 10.2 Å². The van der Waals surface area contributed by atoms with E-state index in [9.17, 15) is 0 Å². The van der Waals surface area contributed by atoms with Gasteiger partial charge in [-0.05, 0) is 0 Å². The van der Waals surface area contributed by atoms with E-state index in [2.05, 4.69) is 0 Å². The molecule has 0 saturated heterocycles. The second kappa shape index (κ2) is 2.34. The lowest BCUT2D eigenvalue weighted by Crippen LogP contribution is -1.43. The second-order valence-electron chi connectivity index (χ2n) is 0.298. The number of rotatable bonds is 0. The number of aliphatic hydroxyl groups is 2. The number of hydrogen-bond acceptors (Lipinski definition) is 2. The topological polar surface area (TPSA) is 40.5 Å². The average molecular weight is 60.1 g/mol. The molecule has 0 spiro atoms. The van der Waals surface area contributed by atoms with Crippen LogP contribution in [0.25, 0.3) is 0 Å². The first-order valence-electron chi connectivity index (χ1n) is 0.850. The standard InChI is InChI=1S/C2H4O2/c3-1-2-4/h1-4H. The van der Waals surface area contributed by atoms with E-state index >= 15 is 0 Å². The van der Waals surface area contributed by atoms with Crippen molar-refractivity contribution in [3.63, 3.8) is 0 Å². The fourth-order valence-electron chi connectivity index (χ4n) is 0. The van der Waals surface area contributed by atoms with Crippen molar-refractivity contribution < 1.29 is 10.2 Å². The van der Waals surface area contributed by atoms with Crippen LogP contribution in [-0.2, 0) is 0 Å². The van der Waals surface area contributed by atoms with Crippen molar-refractivity contribution in [1.82, 2.24) is 0 Å². The Balaban J connectivity index is 2.55. The highest BCUT2D eigenvalue weighted by Crippen LogP contribution is 1.44. The molecule has 0 saturated carbocycles. The maximum absolute atomic E-state index is 7.44. The van der Waals surface area contributed by atoms with Crippen LogP contribution >= 0.6 is 0 Å². The highest BCUT2D eigenvalue weighted by Gasteiger charge is 1.36. The van der Waals surface area contributed by atoms with Gasteiger partial charge in [0.1, 0.15) is 12.5 Å². The maximum atomic E-state index is 7.44. The van der Waals surface area contributed by atoms with Crippen molar-refractivity contribution in [3.05, 3.63) is 12.5 Å². The van der Waals surface area contributed by atoms with E-state index in [1.165, 1.54) is 0 Å². The summed E-state index contributed by atoms with van der Waals surface area (Å²) in [7, 11) is 0. The Morgan fingerprint density at radius 2 is 1.25 bits per heavy atom. The van der Waals surface area contributed by atoms with Gasteiger partial charge < -0.3 is 10.2 Å². The largest absolute Gasteiger partial charge is 0.512 e. The van der Waals surface area contributed by atoms with Crippen LogP contribution in [0.4, 0.5) is 0 Å². The molecule has 2 nitrogen and oxygen atoms in total. The summed E-state index contributed by atoms with van der Waals surface area (Å²) in [6.45, 7) is 0. The Morgan fingerprint density at radius 3 is 1.25 bits per heavy atom. The number of hydrogen-bond donors (Lipinski definition) is 2. The van der Waals surface area contributed by atoms with Gasteiger partial charge in [0, 0.05) is 0 Å². The first kappa shape index (κ1) is 3.34. The molecule has 0 heterocycles. The summed E-state index contributed by atoms with van der Waals surface area (Å²) in [4.78, 5) is 0. The molecule has 0 aromatic rings. The molecule has 0 bridgehead atoms. The lowest BCUT2D eigenvalue weighted by molar-refractivity contribution is 0.407. The van der Waals surface area contributed by atoms with Gasteiger partial charge in [-0.2, -0.15) is 0 Å². The molecule has 0 aromatic heterocycles. The van der Waals surface area contributed by atoms with Crippen LogP contribution in [0.2, 0.25) is 0 Å². The van der Waals surface area contributed by atoms with Gasteiger partial charge in [-0.3, -0.25) is 0 Å². The van der Waals surface area contributed by atoms with Gasteiger partial charge >= 0.3 is 0 Å². The summed E-state index contributed by atoms with van der Waals surface area (Å²) < 4.78 is 0. The van der Waals surface area contributed by atoms with E-state index in [-0.39, 0.29) is 0 Å². The summed E-state index contributed by atoms with van der Waals surface area (Å²) in [6, 6.07) is 0. The zero-order valence-electron chi connectivity index (χ0n) is 2.05. The zero-order valence-corrected chi connectivity index (χ0v) is 2.05. The molecule has 0 amide bonds.